The number of carbonyl (C=O) groups is 1. The molecule has 1 amide bonds. The molecule has 1 aromatic carbocycles. The van der Waals surface area contributed by atoms with Gasteiger partial charge in [0.25, 0.3) is 0 Å². The van der Waals surface area contributed by atoms with E-state index in [1.54, 1.807) is 18.2 Å². The standard InChI is InChI=1S/C11H13Cl2NO/c1-2-6-14-11(15)7-8-9(12)4-3-5-10(8)13/h3-5H,2,6-7H2,1H3,(H,14,15). The van der Waals surface area contributed by atoms with E-state index in [0.717, 1.165) is 6.42 Å². The fourth-order valence-electron chi connectivity index (χ4n) is 1.19. The first-order valence-corrected chi connectivity index (χ1v) is 5.60. The first-order valence-electron chi connectivity index (χ1n) is 4.84. The average Bonchev–Trinajstić information content (AvgIpc) is 2.21. The molecular weight excluding hydrogens is 233 g/mol. The smallest absolute Gasteiger partial charge is 0.224 e. The second-order valence-electron chi connectivity index (χ2n) is 3.23. The van der Waals surface area contributed by atoms with Crippen LogP contribution in [-0.2, 0) is 11.2 Å². The molecule has 2 nitrogen and oxygen atoms in total. The van der Waals surface area contributed by atoms with Gasteiger partial charge in [-0.1, -0.05) is 36.2 Å². The summed E-state index contributed by atoms with van der Waals surface area (Å²) in [6.45, 7) is 2.68. The van der Waals surface area contributed by atoms with Crippen molar-refractivity contribution in [3.05, 3.63) is 33.8 Å². The van der Waals surface area contributed by atoms with E-state index in [-0.39, 0.29) is 12.3 Å². The van der Waals surface area contributed by atoms with Crippen molar-refractivity contribution in [1.82, 2.24) is 5.32 Å². The molecule has 1 rings (SSSR count). The number of rotatable bonds is 4. The first kappa shape index (κ1) is 12.3. The SMILES string of the molecule is CCCNC(=O)Cc1c(Cl)cccc1Cl. The Balaban J connectivity index is 2.68. The lowest BCUT2D eigenvalue weighted by Crippen LogP contribution is -2.25. The number of benzene rings is 1. The van der Waals surface area contributed by atoms with Crippen LogP contribution in [0.15, 0.2) is 18.2 Å². The molecule has 0 heterocycles. The van der Waals surface area contributed by atoms with Crippen LogP contribution in [0.2, 0.25) is 10.0 Å². The van der Waals surface area contributed by atoms with Crippen LogP contribution >= 0.6 is 23.2 Å². The summed E-state index contributed by atoms with van der Waals surface area (Å²) < 4.78 is 0. The van der Waals surface area contributed by atoms with E-state index in [1.165, 1.54) is 0 Å². The lowest BCUT2D eigenvalue weighted by atomic mass is 10.1. The third kappa shape index (κ3) is 3.73. The topological polar surface area (TPSA) is 29.1 Å². The fraction of sp³-hybridized carbons (Fsp3) is 0.364. The van der Waals surface area contributed by atoms with Crippen molar-refractivity contribution in [2.75, 3.05) is 6.54 Å². The van der Waals surface area contributed by atoms with Crippen molar-refractivity contribution in [2.24, 2.45) is 0 Å². The van der Waals surface area contributed by atoms with Crippen molar-refractivity contribution in [3.63, 3.8) is 0 Å². The second-order valence-corrected chi connectivity index (χ2v) is 4.04. The van der Waals surface area contributed by atoms with E-state index in [4.69, 9.17) is 23.2 Å². The van der Waals surface area contributed by atoms with E-state index >= 15 is 0 Å². The Labute approximate surface area is 99.6 Å². The quantitative estimate of drug-likeness (QED) is 0.869. The summed E-state index contributed by atoms with van der Waals surface area (Å²) in [6, 6.07) is 5.23. The van der Waals surface area contributed by atoms with Gasteiger partial charge < -0.3 is 5.32 Å². The minimum Gasteiger partial charge on any atom is -0.356 e. The molecule has 0 spiro atoms. The summed E-state index contributed by atoms with van der Waals surface area (Å²) in [5.41, 5.74) is 0.689. The number of nitrogens with one attached hydrogen (secondary N) is 1. The summed E-state index contributed by atoms with van der Waals surface area (Å²) in [5.74, 6) is -0.0492. The molecule has 0 saturated heterocycles. The lowest BCUT2D eigenvalue weighted by molar-refractivity contribution is -0.120. The summed E-state index contributed by atoms with van der Waals surface area (Å²) in [6.07, 6.45) is 1.15. The molecule has 0 unspecified atom stereocenters. The Kier molecular flexibility index (Phi) is 4.92. The van der Waals surface area contributed by atoms with Crippen molar-refractivity contribution >= 4 is 29.1 Å². The normalized spacial score (nSPS) is 10.1. The minimum absolute atomic E-state index is 0.0492. The third-order valence-electron chi connectivity index (χ3n) is 1.97. The number of carbonyl (C=O) groups excluding carboxylic acids is 1. The molecule has 0 bridgehead atoms. The average molecular weight is 246 g/mol. The summed E-state index contributed by atoms with van der Waals surface area (Å²) in [5, 5.41) is 3.85. The Morgan fingerprint density at radius 2 is 1.93 bits per heavy atom. The van der Waals surface area contributed by atoms with Crippen LogP contribution in [0.5, 0.6) is 0 Å². The van der Waals surface area contributed by atoms with E-state index in [1.807, 2.05) is 6.92 Å². The first-order chi connectivity index (χ1) is 7.15. The van der Waals surface area contributed by atoms with Gasteiger partial charge in [-0.15, -0.1) is 0 Å². The van der Waals surface area contributed by atoms with E-state index in [2.05, 4.69) is 5.32 Å². The molecule has 0 atom stereocenters. The highest BCUT2D eigenvalue weighted by atomic mass is 35.5. The molecule has 4 heteroatoms. The zero-order chi connectivity index (χ0) is 11.3. The van der Waals surface area contributed by atoms with Gasteiger partial charge in [0.15, 0.2) is 0 Å². The molecular formula is C11H13Cl2NO. The van der Waals surface area contributed by atoms with Crippen LogP contribution in [0.1, 0.15) is 18.9 Å². The number of amides is 1. The molecule has 15 heavy (non-hydrogen) atoms. The van der Waals surface area contributed by atoms with Gasteiger partial charge >= 0.3 is 0 Å². The molecule has 0 fully saturated rings. The zero-order valence-corrected chi connectivity index (χ0v) is 10.0. The van der Waals surface area contributed by atoms with E-state index in [9.17, 15) is 4.79 Å². The largest absolute Gasteiger partial charge is 0.356 e. The van der Waals surface area contributed by atoms with Crippen LogP contribution in [0.25, 0.3) is 0 Å². The second kappa shape index (κ2) is 5.99. The highest BCUT2D eigenvalue weighted by Crippen LogP contribution is 2.24. The van der Waals surface area contributed by atoms with Crippen LogP contribution in [0.3, 0.4) is 0 Å². The van der Waals surface area contributed by atoms with Gasteiger partial charge in [-0.05, 0) is 24.1 Å². The van der Waals surface area contributed by atoms with Crippen LogP contribution < -0.4 is 5.32 Å². The Hall–Kier alpha value is -0.730. The molecule has 0 aliphatic rings. The van der Waals surface area contributed by atoms with Crippen molar-refractivity contribution in [3.8, 4) is 0 Å². The van der Waals surface area contributed by atoms with Crippen molar-refractivity contribution in [2.45, 2.75) is 19.8 Å². The van der Waals surface area contributed by atoms with Gasteiger partial charge in [0.1, 0.15) is 0 Å². The maximum atomic E-state index is 11.4. The van der Waals surface area contributed by atoms with E-state index in [0.29, 0.717) is 22.2 Å². The van der Waals surface area contributed by atoms with Gasteiger partial charge in [0, 0.05) is 16.6 Å². The third-order valence-corrected chi connectivity index (χ3v) is 2.68. The molecule has 0 aliphatic carbocycles. The molecule has 82 valence electrons. The Morgan fingerprint density at radius 1 is 1.33 bits per heavy atom. The van der Waals surface area contributed by atoms with Crippen LogP contribution in [-0.4, -0.2) is 12.5 Å². The molecule has 0 aliphatic heterocycles. The molecule has 1 N–H and O–H groups in total. The fourth-order valence-corrected chi connectivity index (χ4v) is 1.72. The van der Waals surface area contributed by atoms with E-state index < -0.39 is 0 Å². The van der Waals surface area contributed by atoms with Gasteiger partial charge in [-0.2, -0.15) is 0 Å². The van der Waals surface area contributed by atoms with Crippen LogP contribution in [0, 0.1) is 0 Å². The van der Waals surface area contributed by atoms with Gasteiger partial charge in [0.2, 0.25) is 5.91 Å². The van der Waals surface area contributed by atoms with Gasteiger partial charge in [-0.25, -0.2) is 0 Å². The minimum atomic E-state index is -0.0492. The molecule has 1 aromatic rings. The molecule has 0 aromatic heterocycles. The highest BCUT2D eigenvalue weighted by Gasteiger charge is 2.09. The highest BCUT2D eigenvalue weighted by molar-refractivity contribution is 6.36. The maximum absolute atomic E-state index is 11.4. The number of hydrogen-bond donors (Lipinski definition) is 1. The Morgan fingerprint density at radius 3 is 2.47 bits per heavy atom. The summed E-state index contributed by atoms with van der Waals surface area (Å²) >= 11 is 11.9. The van der Waals surface area contributed by atoms with Crippen LogP contribution in [0.4, 0.5) is 0 Å². The predicted octanol–water partition coefficient (Wildman–Crippen LogP) is 3.06. The predicted molar refractivity (Wildman–Crippen MR) is 63.5 cm³/mol. The maximum Gasteiger partial charge on any atom is 0.224 e. The van der Waals surface area contributed by atoms with Gasteiger partial charge in [0.05, 0.1) is 6.42 Å². The van der Waals surface area contributed by atoms with Gasteiger partial charge in [-0.3, -0.25) is 4.79 Å². The number of halogens is 2. The molecule has 0 saturated carbocycles. The van der Waals surface area contributed by atoms with Crippen molar-refractivity contribution < 1.29 is 4.79 Å². The monoisotopic (exact) mass is 245 g/mol. The Bertz CT molecular complexity index is 332. The lowest BCUT2D eigenvalue weighted by Gasteiger charge is -2.07. The zero-order valence-electron chi connectivity index (χ0n) is 8.52. The van der Waals surface area contributed by atoms with Crippen molar-refractivity contribution in [1.29, 1.82) is 0 Å². The number of hydrogen-bond acceptors (Lipinski definition) is 1. The molecule has 0 radical (unpaired) electrons. The summed E-state index contributed by atoms with van der Waals surface area (Å²) in [7, 11) is 0. The summed E-state index contributed by atoms with van der Waals surface area (Å²) in [4.78, 5) is 11.4.